The smallest absolute Gasteiger partial charge is 0.138 e. The van der Waals surface area contributed by atoms with Crippen LogP contribution in [0.15, 0.2) is 29.2 Å². The van der Waals surface area contributed by atoms with E-state index in [1.54, 1.807) is 6.07 Å². The third-order valence-corrected chi connectivity index (χ3v) is 2.37. The van der Waals surface area contributed by atoms with Crippen molar-refractivity contribution in [2.75, 3.05) is 11.6 Å². The summed E-state index contributed by atoms with van der Waals surface area (Å²) in [6.07, 6.45) is 3.66. The third kappa shape index (κ3) is 2.99. The minimum atomic E-state index is 0.453. The van der Waals surface area contributed by atoms with E-state index in [1.807, 2.05) is 29.7 Å². The Bertz CT molecular complexity index is 382. The molecule has 4 heteroatoms. The number of allylic oxidation sites excluding steroid dienone is 1. The fourth-order valence-corrected chi connectivity index (χ4v) is 1.50. The molecule has 0 aliphatic rings. The summed E-state index contributed by atoms with van der Waals surface area (Å²) < 4.78 is 0. The number of nitrogen functional groups attached to an aromatic ring is 1. The van der Waals surface area contributed by atoms with Crippen LogP contribution in [-0.4, -0.2) is 5.88 Å². The van der Waals surface area contributed by atoms with Gasteiger partial charge in [-0.3, -0.25) is 0 Å². The highest BCUT2D eigenvalue weighted by molar-refractivity contribution is 8.03. The predicted octanol–water partition coefficient (Wildman–Crippen LogP) is 3.09. The average Bonchev–Trinajstić information content (AvgIpc) is 2.19. The number of rotatable bonds is 3. The van der Waals surface area contributed by atoms with Gasteiger partial charge in [0.1, 0.15) is 5.40 Å². The minimum absolute atomic E-state index is 0.453. The number of halogens is 1. The normalized spacial score (nSPS) is 10.3. The third-order valence-electron chi connectivity index (χ3n) is 1.61. The van der Waals surface area contributed by atoms with E-state index < -0.39 is 0 Å². The van der Waals surface area contributed by atoms with Crippen LogP contribution in [0.4, 0.5) is 5.69 Å². The number of nitrogens with two attached hydrogens (primary N) is 1. The van der Waals surface area contributed by atoms with Crippen LogP contribution in [0, 0.1) is 10.7 Å². The van der Waals surface area contributed by atoms with Crippen LogP contribution in [0.3, 0.4) is 0 Å². The second-order valence-electron chi connectivity index (χ2n) is 2.54. The summed E-state index contributed by atoms with van der Waals surface area (Å²) in [7, 11) is 0. The molecule has 2 N–H and O–H groups in total. The van der Waals surface area contributed by atoms with Gasteiger partial charge in [0.25, 0.3) is 0 Å². The van der Waals surface area contributed by atoms with Gasteiger partial charge in [-0.25, -0.2) is 0 Å². The highest BCUT2D eigenvalue weighted by Gasteiger charge is 1.98. The van der Waals surface area contributed by atoms with Gasteiger partial charge < -0.3 is 5.73 Å². The van der Waals surface area contributed by atoms with Crippen molar-refractivity contribution >= 4 is 35.1 Å². The maximum absolute atomic E-state index is 8.50. The number of benzene rings is 1. The van der Waals surface area contributed by atoms with Crippen LogP contribution < -0.4 is 5.73 Å². The Hall–Kier alpha value is -1.11. The van der Waals surface area contributed by atoms with E-state index in [-0.39, 0.29) is 0 Å². The Morgan fingerprint density at radius 3 is 3.00 bits per heavy atom. The van der Waals surface area contributed by atoms with E-state index in [1.165, 1.54) is 0 Å². The molecule has 0 aliphatic heterocycles. The maximum Gasteiger partial charge on any atom is 0.138 e. The summed E-state index contributed by atoms with van der Waals surface area (Å²) in [6.45, 7) is 0. The van der Waals surface area contributed by atoms with Crippen LogP contribution in [0.5, 0.6) is 0 Å². The molecule has 0 unspecified atom stereocenters. The van der Waals surface area contributed by atoms with E-state index in [2.05, 4.69) is 0 Å². The monoisotopic (exact) mass is 224 g/mol. The highest BCUT2D eigenvalue weighted by Crippen LogP contribution is 2.23. The molecule has 0 saturated heterocycles. The topological polar surface area (TPSA) is 49.8 Å². The van der Waals surface area contributed by atoms with Crippen molar-refractivity contribution < 1.29 is 0 Å². The molecule has 0 atom stereocenters. The van der Waals surface area contributed by atoms with E-state index in [0.29, 0.717) is 11.6 Å². The summed E-state index contributed by atoms with van der Waals surface area (Å²) in [4.78, 5) is 0.885. The van der Waals surface area contributed by atoms with E-state index in [4.69, 9.17) is 22.6 Å². The molecule has 0 heterocycles. The first-order valence-electron chi connectivity index (χ1n) is 3.96. The molecule has 72 valence electrons. The number of thioether (sulfide) groups is 1. The Kier molecular flexibility index (Phi) is 4.37. The largest absolute Gasteiger partial charge is 0.398 e. The van der Waals surface area contributed by atoms with Gasteiger partial charge in [-0.15, -0.1) is 11.6 Å². The molecule has 0 aromatic heterocycles. The number of nitrogens with zero attached hydrogens (tertiary/aromatic N) is 1. The summed E-state index contributed by atoms with van der Waals surface area (Å²) in [6, 6.07) is 5.47. The van der Waals surface area contributed by atoms with Crippen molar-refractivity contribution in [3.8, 4) is 5.40 Å². The van der Waals surface area contributed by atoms with Gasteiger partial charge in [0.2, 0.25) is 0 Å². The van der Waals surface area contributed by atoms with Gasteiger partial charge in [-0.1, -0.05) is 12.2 Å². The second-order valence-corrected chi connectivity index (χ2v) is 3.71. The van der Waals surface area contributed by atoms with Gasteiger partial charge in [0, 0.05) is 16.5 Å². The Balaban J connectivity index is 2.97. The van der Waals surface area contributed by atoms with Crippen LogP contribution in [0.1, 0.15) is 5.56 Å². The maximum atomic E-state index is 8.50. The lowest BCUT2D eigenvalue weighted by molar-refractivity contribution is 1.45. The zero-order valence-corrected chi connectivity index (χ0v) is 8.98. The lowest BCUT2D eigenvalue weighted by atomic mass is 10.2. The zero-order valence-electron chi connectivity index (χ0n) is 7.40. The van der Waals surface area contributed by atoms with Crippen molar-refractivity contribution in [2.24, 2.45) is 0 Å². The SMILES string of the molecule is N#CSc1ccc(N)c(C=CCCl)c1. The first kappa shape index (κ1) is 11.0. The standard InChI is InChI=1S/C10H9ClN2S/c11-5-1-2-8-6-9(14-7-12)3-4-10(8)13/h1-4,6H,5,13H2. The fourth-order valence-electron chi connectivity index (χ4n) is 0.985. The van der Waals surface area contributed by atoms with Crippen molar-refractivity contribution in [3.63, 3.8) is 0 Å². The fraction of sp³-hybridized carbons (Fsp3) is 0.100. The summed E-state index contributed by atoms with van der Waals surface area (Å²) in [5.41, 5.74) is 7.32. The number of alkyl halides is 1. The van der Waals surface area contributed by atoms with E-state index in [9.17, 15) is 0 Å². The van der Waals surface area contributed by atoms with Crippen LogP contribution in [0.25, 0.3) is 6.08 Å². The number of hydrogen-bond donors (Lipinski definition) is 1. The lowest BCUT2D eigenvalue weighted by Crippen LogP contribution is -1.88. The predicted molar refractivity (Wildman–Crippen MR) is 62.1 cm³/mol. The Morgan fingerprint density at radius 2 is 2.36 bits per heavy atom. The van der Waals surface area contributed by atoms with E-state index >= 15 is 0 Å². The summed E-state index contributed by atoms with van der Waals surface area (Å²) in [5.74, 6) is 0.453. The van der Waals surface area contributed by atoms with Gasteiger partial charge in [-0.2, -0.15) is 5.26 Å². The highest BCUT2D eigenvalue weighted by atomic mass is 35.5. The van der Waals surface area contributed by atoms with E-state index in [0.717, 1.165) is 22.2 Å². The van der Waals surface area contributed by atoms with Crippen molar-refractivity contribution in [2.45, 2.75) is 4.90 Å². The Labute approximate surface area is 92.4 Å². The quantitative estimate of drug-likeness (QED) is 0.372. The van der Waals surface area contributed by atoms with Crippen LogP contribution in [0.2, 0.25) is 0 Å². The number of thiocyanates is 1. The molecule has 0 bridgehead atoms. The van der Waals surface area contributed by atoms with Gasteiger partial charge in [0.15, 0.2) is 0 Å². The molecular formula is C10H9ClN2S. The Morgan fingerprint density at radius 1 is 1.57 bits per heavy atom. The number of hydrogen-bond acceptors (Lipinski definition) is 3. The first-order valence-corrected chi connectivity index (χ1v) is 5.31. The molecule has 1 rings (SSSR count). The molecule has 0 aliphatic carbocycles. The van der Waals surface area contributed by atoms with Gasteiger partial charge >= 0.3 is 0 Å². The molecular weight excluding hydrogens is 216 g/mol. The molecule has 0 spiro atoms. The molecule has 2 nitrogen and oxygen atoms in total. The van der Waals surface area contributed by atoms with Crippen LogP contribution >= 0.6 is 23.4 Å². The van der Waals surface area contributed by atoms with Gasteiger partial charge in [0.05, 0.1) is 0 Å². The number of anilines is 1. The summed E-state index contributed by atoms with van der Waals surface area (Å²) >= 11 is 6.63. The van der Waals surface area contributed by atoms with Crippen molar-refractivity contribution in [1.29, 1.82) is 5.26 Å². The molecule has 1 aromatic carbocycles. The molecule has 0 saturated carbocycles. The van der Waals surface area contributed by atoms with Crippen molar-refractivity contribution in [1.82, 2.24) is 0 Å². The zero-order chi connectivity index (χ0) is 10.4. The molecule has 1 aromatic rings. The lowest BCUT2D eigenvalue weighted by Gasteiger charge is -2.01. The van der Waals surface area contributed by atoms with Gasteiger partial charge in [-0.05, 0) is 35.5 Å². The van der Waals surface area contributed by atoms with Crippen LogP contribution in [-0.2, 0) is 0 Å². The minimum Gasteiger partial charge on any atom is -0.398 e. The molecule has 0 amide bonds. The molecule has 0 radical (unpaired) electrons. The summed E-state index contributed by atoms with van der Waals surface area (Å²) in [5, 5.41) is 10.5. The average molecular weight is 225 g/mol. The second kappa shape index (κ2) is 5.58. The van der Waals surface area contributed by atoms with Crippen molar-refractivity contribution in [3.05, 3.63) is 29.8 Å². The molecule has 14 heavy (non-hydrogen) atoms. The first-order chi connectivity index (χ1) is 6.77. The number of nitriles is 1. The molecule has 0 fully saturated rings.